The van der Waals surface area contributed by atoms with Crippen LogP contribution in [0.3, 0.4) is 0 Å². The number of nitrogen functional groups attached to an aromatic ring is 1. The number of benzene rings is 1. The van der Waals surface area contributed by atoms with E-state index in [1.54, 1.807) is 24.4 Å². The molecule has 2 N–H and O–H groups in total. The monoisotopic (exact) mass is 245 g/mol. The Labute approximate surface area is 103 Å². The molecule has 0 unspecified atom stereocenters. The zero-order valence-corrected chi connectivity index (χ0v) is 9.66. The molecule has 0 aliphatic heterocycles. The molecule has 1 aromatic heterocycles. The lowest BCUT2D eigenvalue weighted by molar-refractivity contribution is -0.383. The summed E-state index contributed by atoms with van der Waals surface area (Å²) >= 11 is 0. The molecule has 6 heteroatoms. The van der Waals surface area contributed by atoms with Crippen molar-refractivity contribution in [3.05, 3.63) is 46.6 Å². The molecule has 6 nitrogen and oxygen atoms in total. The molecule has 92 valence electrons. The second-order valence-corrected chi connectivity index (χ2v) is 3.62. The first-order valence-corrected chi connectivity index (χ1v) is 5.16. The van der Waals surface area contributed by atoms with Gasteiger partial charge in [-0.05, 0) is 23.3 Å². The summed E-state index contributed by atoms with van der Waals surface area (Å²) in [5.74, 6) is 0.451. The fraction of sp³-hybridized carbons (Fsp3) is 0.0833. The second kappa shape index (κ2) is 4.70. The highest BCUT2D eigenvalue weighted by Gasteiger charge is 2.12. The lowest BCUT2D eigenvalue weighted by atomic mass is 10.1. The normalized spacial score (nSPS) is 10.1. The van der Waals surface area contributed by atoms with Crippen LogP contribution in [0.5, 0.6) is 5.88 Å². The maximum Gasteiger partial charge on any atom is 0.292 e. The lowest BCUT2D eigenvalue weighted by Gasteiger charge is -2.05. The van der Waals surface area contributed by atoms with Gasteiger partial charge in [0.05, 0.1) is 12.0 Å². The number of nitrogens with zero attached hydrogens (tertiary/aromatic N) is 2. The SMILES string of the molecule is COc1cc(-c2ccc(N)c([N+](=O)[O-])c2)ccn1. The number of hydrogen-bond acceptors (Lipinski definition) is 5. The van der Waals surface area contributed by atoms with Crippen molar-refractivity contribution in [3.8, 4) is 17.0 Å². The van der Waals surface area contributed by atoms with Crippen LogP contribution in [0.2, 0.25) is 0 Å². The van der Waals surface area contributed by atoms with E-state index < -0.39 is 4.92 Å². The molecule has 0 saturated carbocycles. The molecule has 0 bridgehead atoms. The zero-order chi connectivity index (χ0) is 13.1. The summed E-state index contributed by atoms with van der Waals surface area (Å²) in [4.78, 5) is 14.3. The lowest BCUT2D eigenvalue weighted by Crippen LogP contribution is -1.96. The number of ether oxygens (including phenoxy) is 1. The smallest absolute Gasteiger partial charge is 0.292 e. The summed E-state index contributed by atoms with van der Waals surface area (Å²) in [5.41, 5.74) is 7.05. The summed E-state index contributed by atoms with van der Waals surface area (Å²) < 4.78 is 5.01. The van der Waals surface area contributed by atoms with Gasteiger partial charge in [0.25, 0.3) is 5.69 Å². The van der Waals surface area contributed by atoms with Gasteiger partial charge in [-0.15, -0.1) is 0 Å². The third kappa shape index (κ3) is 2.22. The van der Waals surface area contributed by atoms with Crippen LogP contribution in [-0.2, 0) is 0 Å². The van der Waals surface area contributed by atoms with Gasteiger partial charge >= 0.3 is 0 Å². The van der Waals surface area contributed by atoms with E-state index in [1.165, 1.54) is 19.2 Å². The number of nitro groups is 1. The van der Waals surface area contributed by atoms with Crippen LogP contribution in [0.1, 0.15) is 0 Å². The maximum atomic E-state index is 10.8. The van der Waals surface area contributed by atoms with Crippen LogP contribution >= 0.6 is 0 Å². The van der Waals surface area contributed by atoms with E-state index in [0.29, 0.717) is 11.4 Å². The van der Waals surface area contributed by atoms with Crippen molar-refractivity contribution in [3.63, 3.8) is 0 Å². The van der Waals surface area contributed by atoms with Gasteiger partial charge in [-0.1, -0.05) is 6.07 Å². The summed E-state index contributed by atoms with van der Waals surface area (Å²) in [6, 6.07) is 8.12. The molecule has 0 aliphatic rings. The fourth-order valence-corrected chi connectivity index (χ4v) is 1.58. The first-order chi connectivity index (χ1) is 8.61. The number of nitro benzene ring substituents is 1. The highest BCUT2D eigenvalue weighted by atomic mass is 16.6. The number of pyridine rings is 1. The van der Waals surface area contributed by atoms with Gasteiger partial charge in [0.1, 0.15) is 5.69 Å². The number of methoxy groups -OCH3 is 1. The van der Waals surface area contributed by atoms with Crippen LogP contribution in [0.15, 0.2) is 36.5 Å². The number of nitrogens with two attached hydrogens (primary N) is 1. The van der Waals surface area contributed by atoms with Gasteiger partial charge in [-0.25, -0.2) is 4.98 Å². The van der Waals surface area contributed by atoms with Gasteiger partial charge in [0.15, 0.2) is 0 Å². The van der Waals surface area contributed by atoms with Gasteiger partial charge in [-0.3, -0.25) is 10.1 Å². The van der Waals surface area contributed by atoms with Gasteiger partial charge < -0.3 is 10.5 Å². The highest BCUT2D eigenvalue weighted by Crippen LogP contribution is 2.29. The zero-order valence-electron chi connectivity index (χ0n) is 9.66. The van der Waals surface area contributed by atoms with E-state index in [4.69, 9.17) is 10.5 Å². The summed E-state index contributed by atoms with van der Waals surface area (Å²) in [7, 11) is 1.51. The van der Waals surface area contributed by atoms with E-state index >= 15 is 0 Å². The largest absolute Gasteiger partial charge is 0.481 e. The Kier molecular flexibility index (Phi) is 3.09. The summed E-state index contributed by atoms with van der Waals surface area (Å²) in [5, 5.41) is 10.8. The van der Waals surface area contributed by atoms with Crippen molar-refractivity contribution < 1.29 is 9.66 Å². The quantitative estimate of drug-likeness (QED) is 0.508. The molecule has 0 amide bonds. The van der Waals surface area contributed by atoms with Crippen LogP contribution in [0, 0.1) is 10.1 Å². The van der Waals surface area contributed by atoms with E-state index in [0.717, 1.165) is 5.56 Å². The molecular formula is C12H11N3O3. The van der Waals surface area contributed by atoms with Crippen molar-refractivity contribution in [2.75, 3.05) is 12.8 Å². The average molecular weight is 245 g/mol. The minimum absolute atomic E-state index is 0.108. The van der Waals surface area contributed by atoms with Crippen LogP contribution in [0.4, 0.5) is 11.4 Å². The van der Waals surface area contributed by atoms with Crippen molar-refractivity contribution in [2.24, 2.45) is 0 Å². The molecule has 0 fully saturated rings. The molecule has 1 aromatic carbocycles. The van der Waals surface area contributed by atoms with Crippen LogP contribution in [0.25, 0.3) is 11.1 Å². The van der Waals surface area contributed by atoms with Crippen molar-refractivity contribution >= 4 is 11.4 Å². The third-order valence-electron chi connectivity index (χ3n) is 2.50. The molecule has 2 rings (SSSR count). The summed E-state index contributed by atoms with van der Waals surface area (Å²) in [6.07, 6.45) is 1.58. The number of anilines is 1. The maximum absolute atomic E-state index is 10.8. The highest BCUT2D eigenvalue weighted by molar-refractivity contribution is 5.72. The minimum Gasteiger partial charge on any atom is -0.481 e. The predicted molar refractivity (Wildman–Crippen MR) is 67.3 cm³/mol. The number of rotatable bonds is 3. The second-order valence-electron chi connectivity index (χ2n) is 3.62. The van der Waals surface area contributed by atoms with Crippen molar-refractivity contribution in [2.45, 2.75) is 0 Å². The molecule has 0 radical (unpaired) electrons. The molecule has 0 spiro atoms. The Morgan fingerprint density at radius 2 is 2.00 bits per heavy atom. The van der Waals surface area contributed by atoms with Crippen molar-refractivity contribution in [1.82, 2.24) is 4.98 Å². The van der Waals surface area contributed by atoms with E-state index in [9.17, 15) is 10.1 Å². The first kappa shape index (κ1) is 11.8. The third-order valence-corrected chi connectivity index (χ3v) is 2.50. The van der Waals surface area contributed by atoms with Gasteiger partial charge in [-0.2, -0.15) is 0 Å². The molecular weight excluding hydrogens is 234 g/mol. The molecule has 18 heavy (non-hydrogen) atoms. The Balaban J connectivity index is 2.50. The number of hydrogen-bond donors (Lipinski definition) is 1. The first-order valence-electron chi connectivity index (χ1n) is 5.16. The van der Waals surface area contributed by atoms with Gasteiger partial charge in [0, 0.05) is 18.3 Å². The van der Waals surface area contributed by atoms with Gasteiger partial charge in [0.2, 0.25) is 5.88 Å². The van der Waals surface area contributed by atoms with E-state index in [2.05, 4.69) is 4.98 Å². The van der Waals surface area contributed by atoms with Crippen LogP contribution < -0.4 is 10.5 Å². The molecule has 0 saturated heterocycles. The summed E-state index contributed by atoms with van der Waals surface area (Å²) in [6.45, 7) is 0. The molecule has 0 aliphatic carbocycles. The van der Waals surface area contributed by atoms with E-state index in [1.807, 2.05) is 0 Å². The Morgan fingerprint density at radius 3 is 2.67 bits per heavy atom. The topological polar surface area (TPSA) is 91.3 Å². The number of aromatic nitrogens is 1. The minimum atomic E-state index is -0.503. The average Bonchev–Trinajstić information content (AvgIpc) is 2.39. The standard InChI is InChI=1S/C12H11N3O3/c1-18-12-7-9(4-5-14-12)8-2-3-10(13)11(6-8)15(16)17/h2-7H,13H2,1H3. The molecule has 1 heterocycles. The predicted octanol–water partition coefficient (Wildman–Crippen LogP) is 2.25. The molecule has 2 aromatic rings. The van der Waals surface area contributed by atoms with Crippen molar-refractivity contribution in [1.29, 1.82) is 0 Å². The Hall–Kier alpha value is -2.63. The molecule has 0 atom stereocenters. The van der Waals surface area contributed by atoms with E-state index in [-0.39, 0.29) is 11.4 Å². The Bertz CT molecular complexity index is 599. The Morgan fingerprint density at radius 1 is 1.28 bits per heavy atom. The van der Waals surface area contributed by atoms with Crippen LogP contribution in [-0.4, -0.2) is 17.0 Å². The fourth-order valence-electron chi connectivity index (χ4n) is 1.58.